The highest BCUT2D eigenvalue weighted by molar-refractivity contribution is 5.94. The number of imidazole rings is 1. The lowest BCUT2D eigenvalue weighted by Crippen LogP contribution is -2.44. The lowest BCUT2D eigenvalue weighted by molar-refractivity contribution is -0.137. The molecule has 3 heterocycles. The Hall–Kier alpha value is -4.05. The van der Waals surface area contributed by atoms with Crippen LogP contribution in [0.15, 0.2) is 36.7 Å². The first-order valence-electron chi connectivity index (χ1n) is 12.0. The van der Waals surface area contributed by atoms with E-state index in [0.29, 0.717) is 5.56 Å². The summed E-state index contributed by atoms with van der Waals surface area (Å²) >= 11 is 0. The van der Waals surface area contributed by atoms with E-state index in [-0.39, 0.29) is 41.3 Å². The van der Waals surface area contributed by atoms with Gasteiger partial charge in [-0.2, -0.15) is 0 Å². The van der Waals surface area contributed by atoms with Crippen molar-refractivity contribution >= 4 is 28.8 Å². The minimum atomic E-state index is -1.44. The molecule has 2 fully saturated rings. The molecular weight excluding hydrogens is 478 g/mol. The largest absolute Gasteiger partial charge is 0.387 e. The van der Waals surface area contributed by atoms with Crippen LogP contribution in [0.25, 0.3) is 11.2 Å². The van der Waals surface area contributed by atoms with Gasteiger partial charge in [0, 0.05) is 18.7 Å². The standard InChI is InChI=1S/C25H27N7O5/c1-27-23(35)20-18(33)19(34)25(37-20)32-13-28-17-21(26)29-16(30-22(17)32)11-6-12-31(15-9-5-10-15)24(36)14-7-3-2-4-8-14/h2-4,7-8,13,15,18-20,25,33-34H,5,9-10,12H2,1H3,(H,27,35)(H2,26,29,30)/t18?,19-,20+,25-/m1/s1. The van der Waals surface area contributed by atoms with E-state index >= 15 is 0 Å². The first kappa shape index (κ1) is 24.6. The van der Waals surface area contributed by atoms with E-state index in [4.69, 9.17) is 10.5 Å². The van der Waals surface area contributed by atoms with Gasteiger partial charge in [0.1, 0.15) is 17.7 Å². The molecule has 12 nitrogen and oxygen atoms in total. The van der Waals surface area contributed by atoms with Gasteiger partial charge in [0.15, 0.2) is 23.8 Å². The first-order chi connectivity index (χ1) is 17.9. The predicted molar refractivity (Wildman–Crippen MR) is 132 cm³/mol. The number of aromatic nitrogens is 4. The molecule has 1 saturated heterocycles. The summed E-state index contributed by atoms with van der Waals surface area (Å²) in [6.45, 7) is 0.198. The molecule has 1 aromatic carbocycles. The van der Waals surface area contributed by atoms with Gasteiger partial charge >= 0.3 is 0 Å². The number of hydrogen-bond donors (Lipinski definition) is 4. The molecule has 192 valence electrons. The number of rotatable bonds is 5. The summed E-state index contributed by atoms with van der Waals surface area (Å²) in [5.41, 5.74) is 7.18. The zero-order valence-corrected chi connectivity index (χ0v) is 20.1. The highest BCUT2D eigenvalue weighted by Crippen LogP contribution is 2.32. The number of carbonyl (C=O) groups is 2. The summed E-state index contributed by atoms with van der Waals surface area (Å²) in [5, 5.41) is 23.2. The number of nitrogen functional groups attached to an aromatic ring is 1. The lowest BCUT2D eigenvalue weighted by Gasteiger charge is -2.36. The summed E-state index contributed by atoms with van der Waals surface area (Å²) in [7, 11) is 1.41. The van der Waals surface area contributed by atoms with Crippen LogP contribution in [0, 0.1) is 11.8 Å². The number of likely N-dealkylation sites (N-methyl/N-ethyl adjacent to an activating group) is 1. The maximum atomic E-state index is 13.1. The van der Waals surface area contributed by atoms with Crippen LogP contribution in [0.1, 0.15) is 41.7 Å². The maximum Gasteiger partial charge on any atom is 0.254 e. The van der Waals surface area contributed by atoms with Crippen molar-refractivity contribution in [2.45, 2.75) is 49.8 Å². The molecule has 1 unspecified atom stereocenters. The topological polar surface area (TPSA) is 169 Å². The average Bonchev–Trinajstić information content (AvgIpc) is 3.43. The van der Waals surface area contributed by atoms with Crippen LogP contribution >= 0.6 is 0 Å². The Morgan fingerprint density at radius 2 is 1.97 bits per heavy atom. The van der Waals surface area contributed by atoms with E-state index in [9.17, 15) is 19.8 Å². The second kappa shape index (κ2) is 10.1. The molecule has 0 bridgehead atoms. The zero-order chi connectivity index (χ0) is 26.1. The number of nitrogens with two attached hydrogens (primary N) is 1. The molecule has 5 rings (SSSR count). The number of amides is 2. The van der Waals surface area contributed by atoms with E-state index in [2.05, 4.69) is 32.1 Å². The van der Waals surface area contributed by atoms with Crippen molar-refractivity contribution in [3.8, 4) is 11.8 Å². The summed E-state index contributed by atoms with van der Waals surface area (Å²) in [4.78, 5) is 39.7. The van der Waals surface area contributed by atoms with Gasteiger partial charge in [0.05, 0.1) is 12.9 Å². The number of fused-ring (bicyclic) bond motifs is 1. The van der Waals surface area contributed by atoms with E-state index in [0.717, 1.165) is 19.3 Å². The molecule has 0 spiro atoms. The summed E-state index contributed by atoms with van der Waals surface area (Å²) in [6, 6.07) is 9.22. The predicted octanol–water partition coefficient (Wildman–Crippen LogP) is -0.180. The molecule has 37 heavy (non-hydrogen) atoms. The Bertz CT molecular complexity index is 1380. The number of nitrogens with zero attached hydrogens (tertiary/aromatic N) is 5. The Kier molecular flexibility index (Phi) is 6.75. The van der Waals surface area contributed by atoms with Crippen LogP contribution in [-0.4, -0.2) is 84.4 Å². The number of ether oxygens (including phenoxy) is 1. The van der Waals surface area contributed by atoms with Crippen molar-refractivity contribution in [1.82, 2.24) is 29.7 Å². The van der Waals surface area contributed by atoms with Crippen LogP contribution in [0.4, 0.5) is 5.82 Å². The number of aliphatic hydroxyl groups excluding tert-OH is 2. The van der Waals surface area contributed by atoms with Crippen LogP contribution in [0.5, 0.6) is 0 Å². The maximum absolute atomic E-state index is 13.1. The highest BCUT2D eigenvalue weighted by Gasteiger charge is 2.47. The molecule has 2 aromatic heterocycles. The number of anilines is 1. The fourth-order valence-electron chi connectivity index (χ4n) is 4.44. The van der Waals surface area contributed by atoms with Crippen LogP contribution in [0.2, 0.25) is 0 Å². The quantitative estimate of drug-likeness (QED) is 0.344. The SMILES string of the molecule is CNC(=O)[C@H]1O[C@@H](n2cnc3c(N)nc(C#CCN(C(=O)c4ccccc4)C4CCC4)nc32)[C@H](O)C1O. The molecule has 4 atom stereocenters. The molecule has 3 aromatic rings. The Labute approximate surface area is 212 Å². The van der Waals surface area contributed by atoms with Crippen molar-refractivity contribution in [3.63, 3.8) is 0 Å². The number of aliphatic hydroxyl groups is 2. The molecule has 2 aliphatic rings. The van der Waals surface area contributed by atoms with E-state index in [1.807, 2.05) is 18.2 Å². The molecule has 0 radical (unpaired) electrons. The van der Waals surface area contributed by atoms with Crippen LogP contribution in [0.3, 0.4) is 0 Å². The van der Waals surface area contributed by atoms with Gasteiger partial charge in [-0.25, -0.2) is 15.0 Å². The Morgan fingerprint density at radius 3 is 2.65 bits per heavy atom. The van der Waals surface area contributed by atoms with Gasteiger partial charge in [-0.1, -0.05) is 24.1 Å². The second-order valence-corrected chi connectivity index (χ2v) is 8.98. The van der Waals surface area contributed by atoms with Crippen LogP contribution in [-0.2, 0) is 9.53 Å². The fraction of sp³-hybridized carbons (Fsp3) is 0.400. The number of hydrogen-bond acceptors (Lipinski definition) is 9. The van der Waals surface area contributed by atoms with Gasteiger partial charge in [-0.15, -0.1) is 0 Å². The second-order valence-electron chi connectivity index (χ2n) is 8.98. The van der Waals surface area contributed by atoms with Crippen molar-refractivity contribution < 1.29 is 24.5 Å². The normalized spacial score (nSPS) is 23.2. The Morgan fingerprint density at radius 1 is 1.22 bits per heavy atom. The van der Waals surface area contributed by atoms with Crippen molar-refractivity contribution in [1.29, 1.82) is 0 Å². The molecule has 12 heteroatoms. The number of nitrogens with one attached hydrogen (secondary N) is 1. The third kappa shape index (κ3) is 4.60. The summed E-state index contributed by atoms with van der Waals surface area (Å²) < 4.78 is 7.01. The molecule has 5 N–H and O–H groups in total. The number of benzene rings is 1. The summed E-state index contributed by atoms with van der Waals surface area (Å²) in [6.07, 6.45) is -0.970. The average molecular weight is 506 g/mol. The van der Waals surface area contributed by atoms with Crippen molar-refractivity contribution in [2.24, 2.45) is 0 Å². The minimum absolute atomic E-state index is 0.0696. The zero-order valence-electron chi connectivity index (χ0n) is 20.1. The van der Waals surface area contributed by atoms with E-state index < -0.39 is 30.4 Å². The Balaban J connectivity index is 1.40. The van der Waals surface area contributed by atoms with Gasteiger partial charge in [-0.05, 0) is 37.3 Å². The van der Waals surface area contributed by atoms with Crippen molar-refractivity contribution in [3.05, 3.63) is 48.0 Å². The van der Waals surface area contributed by atoms with E-state index in [1.165, 1.54) is 17.9 Å². The first-order valence-corrected chi connectivity index (χ1v) is 12.0. The fourth-order valence-corrected chi connectivity index (χ4v) is 4.44. The third-order valence-electron chi connectivity index (χ3n) is 6.71. The molecular formula is C25H27N7O5. The minimum Gasteiger partial charge on any atom is -0.387 e. The monoisotopic (exact) mass is 505 g/mol. The molecule has 1 aliphatic heterocycles. The van der Waals surface area contributed by atoms with Gasteiger partial charge in [0.25, 0.3) is 11.8 Å². The summed E-state index contributed by atoms with van der Waals surface area (Å²) in [5.74, 6) is 5.39. The van der Waals surface area contributed by atoms with Crippen molar-refractivity contribution in [2.75, 3.05) is 19.3 Å². The highest BCUT2D eigenvalue weighted by atomic mass is 16.6. The van der Waals surface area contributed by atoms with Gasteiger partial charge in [0.2, 0.25) is 5.82 Å². The van der Waals surface area contributed by atoms with Crippen LogP contribution < -0.4 is 11.1 Å². The van der Waals surface area contributed by atoms with Gasteiger partial charge < -0.3 is 30.9 Å². The molecule has 1 saturated carbocycles. The van der Waals surface area contributed by atoms with Gasteiger partial charge in [-0.3, -0.25) is 14.2 Å². The smallest absolute Gasteiger partial charge is 0.254 e. The molecule has 2 amide bonds. The number of carbonyl (C=O) groups excluding carboxylic acids is 2. The van der Waals surface area contributed by atoms with E-state index in [1.54, 1.807) is 17.0 Å². The third-order valence-corrected chi connectivity index (χ3v) is 6.71. The lowest BCUT2D eigenvalue weighted by atomic mass is 9.91. The molecule has 1 aliphatic carbocycles.